The molecule has 1 amide bonds. The van der Waals surface area contributed by atoms with Gasteiger partial charge >= 0.3 is 0 Å². The Hall–Kier alpha value is -3.43. The molecule has 0 aliphatic carbocycles. The summed E-state index contributed by atoms with van der Waals surface area (Å²) in [5.74, 6) is 1.06. The van der Waals surface area contributed by atoms with Crippen LogP contribution in [0.4, 0.5) is 10.8 Å². The van der Waals surface area contributed by atoms with Gasteiger partial charge in [0.2, 0.25) is 0 Å². The third-order valence-electron chi connectivity index (χ3n) is 5.27. The monoisotopic (exact) mass is 465 g/mol. The van der Waals surface area contributed by atoms with Crippen LogP contribution in [-0.4, -0.2) is 25.9 Å². The summed E-state index contributed by atoms with van der Waals surface area (Å²) in [6, 6.07) is 17.1. The minimum Gasteiger partial charge on any atom is -0.460 e. The SMILES string of the molecule is Cc1ccc(-c2csc(NC(=O)c3ccc(S(=O)(=O)N4CCc5ccccc54)cc3)n2)o1. The number of anilines is 2. The molecule has 9 heteroatoms. The molecule has 7 nitrogen and oxygen atoms in total. The lowest BCUT2D eigenvalue weighted by Gasteiger charge is -2.19. The summed E-state index contributed by atoms with van der Waals surface area (Å²) in [5, 5.41) is 4.99. The van der Waals surface area contributed by atoms with E-state index < -0.39 is 10.0 Å². The molecule has 0 saturated heterocycles. The van der Waals surface area contributed by atoms with Gasteiger partial charge in [0, 0.05) is 17.5 Å². The number of fused-ring (bicyclic) bond motifs is 1. The summed E-state index contributed by atoms with van der Waals surface area (Å²) in [7, 11) is -3.70. The van der Waals surface area contributed by atoms with Crippen LogP contribution < -0.4 is 9.62 Å². The Bertz CT molecular complexity index is 1410. The first kappa shape index (κ1) is 20.5. The second-order valence-electron chi connectivity index (χ2n) is 7.38. The van der Waals surface area contributed by atoms with Crippen molar-refractivity contribution in [3.05, 3.63) is 82.9 Å². The zero-order valence-corrected chi connectivity index (χ0v) is 18.7. The standard InChI is InChI=1S/C23H19N3O4S2/c1-15-6-11-21(30-15)19-14-31-23(24-19)25-22(27)17-7-9-18(10-8-17)32(28,29)26-13-12-16-4-2-3-5-20(16)26/h2-11,14H,12-13H2,1H3,(H,24,25,27). The number of benzene rings is 2. The molecule has 0 fully saturated rings. The number of hydrogen-bond donors (Lipinski definition) is 1. The van der Waals surface area contributed by atoms with Gasteiger partial charge in [-0.3, -0.25) is 14.4 Å². The Balaban J connectivity index is 1.32. The van der Waals surface area contributed by atoms with E-state index >= 15 is 0 Å². The van der Waals surface area contributed by atoms with Crippen LogP contribution in [0.2, 0.25) is 0 Å². The van der Waals surface area contributed by atoms with Gasteiger partial charge in [0.1, 0.15) is 11.5 Å². The Morgan fingerprint density at radius 1 is 1.09 bits per heavy atom. The number of carbonyl (C=O) groups excluding carboxylic acids is 1. The quantitative estimate of drug-likeness (QED) is 0.461. The highest BCUT2D eigenvalue weighted by Gasteiger charge is 2.30. The summed E-state index contributed by atoms with van der Waals surface area (Å²) >= 11 is 1.29. The van der Waals surface area contributed by atoms with Gasteiger partial charge in [-0.15, -0.1) is 11.3 Å². The number of nitrogens with one attached hydrogen (secondary N) is 1. The van der Waals surface area contributed by atoms with Gasteiger partial charge in [-0.1, -0.05) is 18.2 Å². The maximum Gasteiger partial charge on any atom is 0.264 e. The van der Waals surface area contributed by atoms with E-state index in [0.717, 1.165) is 11.3 Å². The minimum atomic E-state index is -3.70. The second-order valence-corrected chi connectivity index (χ2v) is 10.1. The lowest BCUT2D eigenvalue weighted by Crippen LogP contribution is -2.29. The van der Waals surface area contributed by atoms with E-state index in [1.165, 1.54) is 39.9 Å². The van der Waals surface area contributed by atoms with Crippen LogP contribution in [0.3, 0.4) is 0 Å². The highest BCUT2D eigenvalue weighted by atomic mass is 32.2. The molecule has 0 bridgehead atoms. The van der Waals surface area contributed by atoms with Crippen molar-refractivity contribution < 1.29 is 17.6 Å². The number of para-hydroxylation sites is 1. The molecule has 0 radical (unpaired) electrons. The van der Waals surface area contributed by atoms with Gasteiger partial charge < -0.3 is 4.42 Å². The van der Waals surface area contributed by atoms with Crippen LogP contribution in [-0.2, 0) is 16.4 Å². The smallest absolute Gasteiger partial charge is 0.264 e. The van der Waals surface area contributed by atoms with Crippen molar-refractivity contribution in [2.75, 3.05) is 16.2 Å². The van der Waals surface area contributed by atoms with Crippen LogP contribution in [0.1, 0.15) is 21.7 Å². The highest BCUT2D eigenvalue weighted by molar-refractivity contribution is 7.92. The highest BCUT2D eigenvalue weighted by Crippen LogP contribution is 2.33. The number of furan rings is 1. The molecule has 2 aromatic carbocycles. The Labute approximate surface area is 189 Å². The van der Waals surface area contributed by atoms with Gasteiger partial charge in [0.25, 0.3) is 15.9 Å². The fourth-order valence-corrected chi connectivity index (χ4v) is 5.85. The Morgan fingerprint density at radius 2 is 1.88 bits per heavy atom. The number of aromatic nitrogens is 1. The predicted octanol–water partition coefficient (Wildman–Crippen LogP) is 4.72. The van der Waals surface area contributed by atoms with Crippen molar-refractivity contribution in [3.63, 3.8) is 0 Å². The summed E-state index contributed by atoms with van der Waals surface area (Å²) in [5.41, 5.74) is 2.71. The molecule has 162 valence electrons. The van der Waals surface area contributed by atoms with E-state index in [2.05, 4.69) is 10.3 Å². The lowest BCUT2D eigenvalue weighted by atomic mass is 10.2. The Morgan fingerprint density at radius 3 is 2.62 bits per heavy atom. The fraction of sp³-hybridized carbons (Fsp3) is 0.130. The van der Waals surface area contributed by atoms with E-state index in [1.54, 1.807) is 5.38 Å². The van der Waals surface area contributed by atoms with Crippen molar-refractivity contribution in [2.45, 2.75) is 18.2 Å². The molecule has 0 unspecified atom stereocenters. The molecule has 0 atom stereocenters. The summed E-state index contributed by atoms with van der Waals surface area (Å²) in [6.07, 6.45) is 0.684. The van der Waals surface area contributed by atoms with E-state index in [-0.39, 0.29) is 10.8 Å². The Kier molecular flexibility index (Phi) is 5.07. The maximum atomic E-state index is 13.1. The molecule has 4 aromatic rings. The summed E-state index contributed by atoms with van der Waals surface area (Å²) < 4.78 is 33.2. The van der Waals surface area contributed by atoms with E-state index in [1.807, 2.05) is 43.3 Å². The molecule has 32 heavy (non-hydrogen) atoms. The second kappa shape index (κ2) is 7.92. The number of rotatable bonds is 5. The number of hydrogen-bond acceptors (Lipinski definition) is 6. The molecular weight excluding hydrogens is 446 g/mol. The third kappa shape index (κ3) is 3.69. The van der Waals surface area contributed by atoms with Crippen molar-refractivity contribution in [2.24, 2.45) is 0 Å². The van der Waals surface area contributed by atoms with Gasteiger partial charge in [-0.25, -0.2) is 13.4 Å². The molecule has 0 spiro atoms. The molecule has 1 aliphatic rings. The molecule has 1 N–H and O–H groups in total. The third-order valence-corrected chi connectivity index (χ3v) is 7.85. The van der Waals surface area contributed by atoms with Crippen LogP contribution in [0, 0.1) is 6.92 Å². The van der Waals surface area contributed by atoms with Crippen LogP contribution >= 0.6 is 11.3 Å². The predicted molar refractivity (Wildman–Crippen MR) is 124 cm³/mol. The fourth-order valence-electron chi connectivity index (χ4n) is 3.65. The van der Waals surface area contributed by atoms with Gasteiger partial charge in [0.05, 0.1) is 10.6 Å². The van der Waals surface area contributed by atoms with Crippen molar-refractivity contribution in [1.29, 1.82) is 0 Å². The van der Waals surface area contributed by atoms with Crippen LogP contribution in [0.25, 0.3) is 11.5 Å². The van der Waals surface area contributed by atoms with E-state index in [9.17, 15) is 13.2 Å². The zero-order chi connectivity index (χ0) is 22.3. The first-order valence-electron chi connectivity index (χ1n) is 9.96. The van der Waals surface area contributed by atoms with Crippen LogP contribution in [0.15, 0.2) is 75.4 Å². The van der Waals surface area contributed by atoms with Crippen molar-refractivity contribution >= 4 is 38.1 Å². The first-order valence-corrected chi connectivity index (χ1v) is 12.3. The van der Waals surface area contributed by atoms with E-state index in [4.69, 9.17) is 4.42 Å². The number of thiazole rings is 1. The van der Waals surface area contributed by atoms with Crippen LogP contribution in [0.5, 0.6) is 0 Å². The maximum absolute atomic E-state index is 13.1. The number of nitrogens with zero attached hydrogens (tertiary/aromatic N) is 2. The zero-order valence-electron chi connectivity index (χ0n) is 17.1. The molecular formula is C23H19N3O4S2. The molecule has 3 heterocycles. The van der Waals surface area contributed by atoms with Gasteiger partial charge in [-0.05, 0) is 61.4 Å². The lowest BCUT2D eigenvalue weighted by molar-refractivity contribution is 0.102. The van der Waals surface area contributed by atoms with Gasteiger partial charge in [0.15, 0.2) is 10.9 Å². The number of amides is 1. The summed E-state index contributed by atoms with van der Waals surface area (Å²) in [6.45, 7) is 2.26. The molecule has 2 aromatic heterocycles. The van der Waals surface area contributed by atoms with Crippen molar-refractivity contribution in [1.82, 2.24) is 4.98 Å². The topological polar surface area (TPSA) is 92.5 Å². The molecule has 5 rings (SSSR count). The number of aryl methyl sites for hydroxylation is 1. The minimum absolute atomic E-state index is 0.149. The summed E-state index contributed by atoms with van der Waals surface area (Å²) in [4.78, 5) is 17.1. The number of sulfonamides is 1. The van der Waals surface area contributed by atoms with Gasteiger partial charge in [-0.2, -0.15) is 0 Å². The largest absolute Gasteiger partial charge is 0.460 e. The average Bonchev–Trinajstić information content (AvgIpc) is 3.53. The normalized spacial score (nSPS) is 13.2. The molecule has 0 saturated carbocycles. The molecule has 1 aliphatic heterocycles. The van der Waals surface area contributed by atoms with Crippen molar-refractivity contribution in [3.8, 4) is 11.5 Å². The average molecular weight is 466 g/mol. The number of carbonyl (C=O) groups is 1. The van der Waals surface area contributed by atoms with E-state index in [0.29, 0.717) is 40.8 Å². The first-order chi connectivity index (χ1) is 15.4.